The lowest BCUT2D eigenvalue weighted by Crippen LogP contribution is -2.13. The number of Topliss-reactive ketones (excluding diaryl/α,β-unsaturated/α-hetero) is 1. The van der Waals surface area contributed by atoms with Crippen LogP contribution in [0.5, 0.6) is 0 Å². The van der Waals surface area contributed by atoms with Crippen LogP contribution in [0.1, 0.15) is 31.7 Å². The van der Waals surface area contributed by atoms with Crippen molar-refractivity contribution in [1.82, 2.24) is 0 Å². The Morgan fingerprint density at radius 1 is 1.53 bits per heavy atom. The van der Waals surface area contributed by atoms with Crippen LogP contribution in [-0.2, 0) is 11.2 Å². The van der Waals surface area contributed by atoms with Gasteiger partial charge in [0.05, 0.1) is 5.02 Å². The molecule has 0 bridgehead atoms. The van der Waals surface area contributed by atoms with Gasteiger partial charge in [-0.15, -0.1) is 0 Å². The van der Waals surface area contributed by atoms with E-state index in [1.807, 2.05) is 6.92 Å². The smallest absolute Gasteiger partial charge is 0.144 e. The average Bonchev–Trinajstić information content (AvgIpc) is 3.13. The van der Waals surface area contributed by atoms with Crippen molar-refractivity contribution in [2.75, 3.05) is 0 Å². The molecule has 2 rings (SSSR count). The van der Waals surface area contributed by atoms with Gasteiger partial charge in [-0.2, -0.15) is 0 Å². The van der Waals surface area contributed by atoms with Crippen molar-refractivity contribution < 1.29 is 9.18 Å². The van der Waals surface area contributed by atoms with Crippen molar-refractivity contribution >= 4 is 17.4 Å². The third kappa shape index (κ3) is 3.06. The first-order valence-electron chi connectivity index (χ1n) is 6.05. The molecule has 3 heteroatoms. The zero-order valence-electron chi connectivity index (χ0n) is 9.88. The third-order valence-corrected chi connectivity index (χ3v) is 3.80. The second-order valence-electron chi connectivity index (χ2n) is 4.81. The second-order valence-corrected chi connectivity index (χ2v) is 5.21. The number of carbonyl (C=O) groups excluding carboxylic acids is 1. The van der Waals surface area contributed by atoms with Gasteiger partial charge in [0, 0.05) is 12.3 Å². The van der Waals surface area contributed by atoms with Gasteiger partial charge in [0.25, 0.3) is 0 Å². The Morgan fingerprint density at radius 2 is 2.24 bits per heavy atom. The molecule has 0 aliphatic heterocycles. The normalized spacial score (nSPS) is 16.9. The Bertz CT molecular complexity index is 426. The highest BCUT2D eigenvalue weighted by molar-refractivity contribution is 6.30. The summed E-state index contributed by atoms with van der Waals surface area (Å²) in [4.78, 5) is 11.8. The molecule has 0 saturated heterocycles. The van der Waals surface area contributed by atoms with Gasteiger partial charge in [0.15, 0.2) is 0 Å². The van der Waals surface area contributed by atoms with Crippen molar-refractivity contribution in [2.24, 2.45) is 11.8 Å². The summed E-state index contributed by atoms with van der Waals surface area (Å²) in [6.07, 6.45) is 3.19. The van der Waals surface area contributed by atoms with E-state index < -0.39 is 0 Å². The van der Waals surface area contributed by atoms with Crippen LogP contribution in [0.2, 0.25) is 5.02 Å². The third-order valence-electron chi connectivity index (χ3n) is 3.51. The topological polar surface area (TPSA) is 17.1 Å². The summed E-state index contributed by atoms with van der Waals surface area (Å²) in [5, 5.41) is 0.130. The SMILES string of the molecule is C[C@H](C(=O)CCc1cccc(Cl)c1F)C1CC1. The van der Waals surface area contributed by atoms with E-state index in [9.17, 15) is 9.18 Å². The minimum atomic E-state index is -0.388. The minimum absolute atomic E-state index is 0.130. The second kappa shape index (κ2) is 5.18. The molecular weight excluding hydrogens is 239 g/mol. The molecule has 1 nitrogen and oxygen atoms in total. The molecule has 1 saturated carbocycles. The van der Waals surface area contributed by atoms with Crippen LogP contribution >= 0.6 is 11.6 Å². The predicted molar refractivity (Wildman–Crippen MR) is 66.6 cm³/mol. The van der Waals surface area contributed by atoms with Crippen LogP contribution in [0.3, 0.4) is 0 Å². The van der Waals surface area contributed by atoms with E-state index >= 15 is 0 Å². The van der Waals surface area contributed by atoms with E-state index in [0.717, 1.165) is 0 Å². The van der Waals surface area contributed by atoms with Crippen LogP contribution in [0.25, 0.3) is 0 Å². The fourth-order valence-corrected chi connectivity index (χ4v) is 2.28. The van der Waals surface area contributed by atoms with Crippen LogP contribution < -0.4 is 0 Å². The minimum Gasteiger partial charge on any atom is -0.299 e. The standard InChI is InChI=1S/C14H16ClFO/c1-9(10-5-6-10)13(17)8-7-11-3-2-4-12(15)14(11)16/h2-4,9-10H,5-8H2,1H3/t9-/m0/s1. The fraction of sp³-hybridized carbons (Fsp3) is 0.500. The fourth-order valence-electron chi connectivity index (χ4n) is 2.09. The summed E-state index contributed by atoms with van der Waals surface area (Å²) in [6.45, 7) is 1.98. The highest BCUT2D eigenvalue weighted by Crippen LogP contribution is 2.37. The highest BCUT2D eigenvalue weighted by Gasteiger charge is 2.32. The summed E-state index contributed by atoms with van der Waals surface area (Å²) in [6, 6.07) is 4.93. The van der Waals surface area contributed by atoms with Crippen molar-refractivity contribution in [3.8, 4) is 0 Å². The van der Waals surface area contributed by atoms with Gasteiger partial charge in [0.2, 0.25) is 0 Å². The molecule has 0 N–H and O–H groups in total. The molecule has 0 amide bonds. The van der Waals surface area contributed by atoms with Gasteiger partial charge in [-0.05, 0) is 36.8 Å². The summed E-state index contributed by atoms with van der Waals surface area (Å²) in [7, 11) is 0. The molecule has 1 aromatic carbocycles. The van der Waals surface area contributed by atoms with E-state index in [0.29, 0.717) is 24.3 Å². The summed E-state index contributed by atoms with van der Waals surface area (Å²) >= 11 is 5.69. The van der Waals surface area contributed by atoms with Gasteiger partial charge < -0.3 is 0 Å². The molecule has 17 heavy (non-hydrogen) atoms. The van der Waals surface area contributed by atoms with E-state index in [2.05, 4.69) is 0 Å². The maximum atomic E-state index is 13.6. The molecule has 1 aromatic rings. The van der Waals surface area contributed by atoms with Crippen LogP contribution in [0.15, 0.2) is 18.2 Å². The lowest BCUT2D eigenvalue weighted by molar-refractivity contribution is -0.122. The van der Waals surface area contributed by atoms with Crippen molar-refractivity contribution in [1.29, 1.82) is 0 Å². The molecule has 92 valence electrons. The monoisotopic (exact) mass is 254 g/mol. The Balaban J connectivity index is 1.93. The lowest BCUT2D eigenvalue weighted by atomic mass is 9.95. The molecule has 0 heterocycles. The number of ketones is 1. The number of aryl methyl sites for hydroxylation is 1. The predicted octanol–water partition coefficient (Wildman–Crippen LogP) is 4.03. The highest BCUT2D eigenvalue weighted by atomic mass is 35.5. The van der Waals surface area contributed by atoms with Crippen LogP contribution in [-0.4, -0.2) is 5.78 Å². The number of halogens is 2. The molecule has 0 spiro atoms. The summed E-state index contributed by atoms with van der Waals surface area (Å²) in [5.74, 6) is 0.567. The van der Waals surface area contributed by atoms with Crippen LogP contribution in [0.4, 0.5) is 4.39 Å². The molecule has 1 aliphatic rings. The lowest BCUT2D eigenvalue weighted by Gasteiger charge is -2.09. The molecular formula is C14H16ClFO. The van der Waals surface area contributed by atoms with Gasteiger partial charge >= 0.3 is 0 Å². The maximum Gasteiger partial charge on any atom is 0.144 e. The Morgan fingerprint density at radius 3 is 2.88 bits per heavy atom. The zero-order valence-corrected chi connectivity index (χ0v) is 10.6. The molecule has 1 atom stereocenters. The number of hydrogen-bond donors (Lipinski definition) is 0. The van der Waals surface area contributed by atoms with E-state index in [1.165, 1.54) is 18.9 Å². The van der Waals surface area contributed by atoms with E-state index in [-0.39, 0.29) is 22.5 Å². The van der Waals surface area contributed by atoms with Crippen molar-refractivity contribution in [2.45, 2.75) is 32.6 Å². The van der Waals surface area contributed by atoms with Gasteiger partial charge in [-0.1, -0.05) is 30.7 Å². The van der Waals surface area contributed by atoms with Crippen molar-refractivity contribution in [3.63, 3.8) is 0 Å². The molecule has 0 radical (unpaired) electrons. The Kier molecular flexibility index (Phi) is 3.82. The number of carbonyl (C=O) groups is 1. The summed E-state index contributed by atoms with van der Waals surface area (Å²) < 4.78 is 13.6. The largest absolute Gasteiger partial charge is 0.299 e. The summed E-state index contributed by atoms with van der Waals surface area (Å²) in [5.41, 5.74) is 0.536. The first kappa shape index (κ1) is 12.6. The molecule has 1 aliphatic carbocycles. The maximum absolute atomic E-state index is 13.6. The van der Waals surface area contributed by atoms with E-state index in [1.54, 1.807) is 12.1 Å². The Hall–Kier alpha value is -0.890. The molecule has 0 aromatic heterocycles. The first-order chi connectivity index (χ1) is 8.09. The first-order valence-corrected chi connectivity index (χ1v) is 6.43. The average molecular weight is 255 g/mol. The van der Waals surface area contributed by atoms with Gasteiger partial charge in [-0.25, -0.2) is 4.39 Å². The number of rotatable bonds is 5. The molecule has 1 fully saturated rings. The molecule has 0 unspecified atom stereocenters. The quantitative estimate of drug-likeness (QED) is 0.775. The number of hydrogen-bond acceptors (Lipinski definition) is 1. The van der Waals surface area contributed by atoms with Crippen LogP contribution in [0, 0.1) is 17.7 Å². The van der Waals surface area contributed by atoms with Gasteiger partial charge in [0.1, 0.15) is 11.6 Å². The van der Waals surface area contributed by atoms with Crippen molar-refractivity contribution in [3.05, 3.63) is 34.6 Å². The van der Waals surface area contributed by atoms with Gasteiger partial charge in [-0.3, -0.25) is 4.79 Å². The van der Waals surface area contributed by atoms with E-state index in [4.69, 9.17) is 11.6 Å². The zero-order chi connectivity index (χ0) is 12.4. The Labute approximate surface area is 106 Å². The number of benzene rings is 1.